The SMILES string of the molecule is CCC(O)CNCCc1ccccc1. The summed E-state index contributed by atoms with van der Waals surface area (Å²) in [6.45, 7) is 3.62. The molecule has 2 nitrogen and oxygen atoms in total. The maximum Gasteiger partial charge on any atom is 0.0662 e. The summed E-state index contributed by atoms with van der Waals surface area (Å²) in [5.41, 5.74) is 1.34. The monoisotopic (exact) mass is 193 g/mol. The van der Waals surface area contributed by atoms with Gasteiger partial charge in [0.15, 0.2) is 0 Å². The van der Waals surface area contributed by atoms with Crippen LogP contribution in [-0.4, -0.2) is 24.3 Å². The second-order valence-electron chi connectivity index (χ2n) is 3.50. The lowest BCUT2D eigenvalue weighted by atomic mass is 10.1. The zero-order chi connectivity index (χ0) is 10.2. The van der Waals surface area contributed by atoms with E-state index in [0.29, 0.717) is 6.54 Å². The second-order valence-corrected chi connectivity index (χ2v) is 3.50. The van der Waals surface area contributed by atoms with Gasteiger partial charge < -0.3 is 10.4 Å². The maximum absolute atomic E-state index is 9.29. The lowest BCUT2D eigenvalue weighted by Gasteiger charge is -2.08. The van der Waals surface area contributed by atoms with Crippen molar-refractivity contribution in [3.05, 3.63) is 35.9 Å². The molecular weight excluding hydrogens is 174 g/mol. The Hall–Kier alpha value is -0.860. The van der Waals surface area contributed by atoms with Crippen LogP contribution in [0.5, 0.6) is 0 Å². The fraction of sp³-hybridized carbons (Fsp3) is 0.500. The number of rotatable bonds is 6. The van der Waals surface area contributed by atoms with Gasteiger partial charge in [0, 0.05) is 6.54 Å². The first-order valence-corrected chi connectivity index (χ1v) is 5.25. The molecule has 0 aliphatic carbocycles. The van der Waals surface area contributed by atoms with E-state index in [0.717, 1.165) is 19.4 Å². The summed E-state index contributed by atoms with van der Waals surface area (Å²) in [4.78, 5) is 0. The fourth-order valence-corrected chi connectivity index (χ4v) is 1.29. The molecule has 14 heavy (non-hydrogen) atoms. The molecule has 2 heteroatoms. The van der Waals surface area contributed by atoms with E-state index in [4.69, 9.17) is 0 Å². The Kier molecular flexibility index (Phi) is 5.27. The van der Waals surface area contributed by atoms with Gasteiger partial charge in [-0.1, -0.05) is 37.3 Å². The van der Waals surface area contributed by atoms with Gasteiger partial charge in [-0.05, 0) is 24.9 Å². The molecule has 0 radical (unpaired) electrons. The molecule has 0 fully saturated rings. The first-order chi connectivity index (χ1) is 6.83. The van der Waals surface area contributed by atoms with Gasteiger partial charge in [0.05, 0.1) is 6.10 Å². The Bertz CT molecular complexity index is 235. The summed E-state index contributed by atoms with van der Waals surface area (Å²) < 4.78 is 0. The van der Waals surface area contributed by atoms with E-state index in [1.807, 2.05) is 13.0 Å². The number of aliphatic hydroxyl groups is 1. The minimum atomic E-state index is -0.203. The van der Waals surface area contributed by atoms with Crippen LogP contribution in [0, 0.1) is 0 Å². The summed E-state index contributed by atoms with van der Waals surface area (Å²) in [6, 6.07) is 10.4. The van der Waals surface area contributed by atoms with Gasteiger partial charge in [-0.3, -0.25) is 0 Å². The number of nitrogens with one attached hydrogen (secondary N) is 1. The first kappa shape index (κ1) is 11.2. The Morgan fingerprint density at radius 3 is 2.64 bits per heavy atom. The average molecular weight is 193 g/mol. The number of hydrogen-bond donors (Lipinski definition) is 2. The third-order valence-electron chi connectivity index (χ3n) is 2.28. The lowest BCUT2D eigenvalue weighted by molar-refractivity contribution is 0.168. The minimum absolute atomic E-state index is 0.203. The number of aliphatic hydroxyl groups excluding tert-OH is 1. The van der Waals surface area contributed by atoms with E-state index in [2.05, 4.69) is 29.6 Å². The lowest BCUT2D eigenvalue weighted by Crippen LogP contribution is -2.27. The van der Waals surface area contributed by atoms with Crippen molar-refractivity contribution in [2.45, 2.75) is 25.9 Å². The normalized spacial score (nSPS) is 12.7. The summed E-state index contributed by atoms with van der Waals surface area (Å²) in [5.74, 6) is 0. The molecule has 2 N–H and O–H groups in total. The van der Waals surface area contributed by atoms with Crippen LogP contribution in [0.3, 0.4) is 0 Å². The van der Waals surface area contributed by atoms with Gasteiger partial charge in [-0.25, -0.2) is 0 Å². The van der Waals surface area contributed by atoms with E-state index >= 15 is 0 Å². The third-order valence-corrected chi connectivity index (χ3v) is 2.28. The van der Waals surface area contributed by atoms with Crippen LogP contribution in [0.15, 0.2) is 30.3 Å². The fourth-order valence-electron chi connectivity index (χ4n) is 1.29. The highest BCUT2D eigenvalue weighted by Crippen LogP contribution is 1.98. The molecule has 1 aromatic carbocycles. The Balaban J connectivity index is 2.10. The Morgan fingerprint density at radius 1 is 1.29 bits per heavy atom. The van der Waals surface area contributed by atoms with Crippen molar-refractivity contribution in [1.82, 2.24) is 5.32 Å². The zero-order valence-electron chi connectivity index (χ0n) is 8.74. The molecule has 0 saturated heterocycles. The summed E-state index contributed by atoms with van der Waals surface area (Å²) in [7, 11) is 0. The summed E-state index contributed by atoms with van der Waals surface area (Å²) in [6.07, 6.45) is 1.64. The molecular formula is C12H19NO. The molecule has 0 bridgehead atoms. The van der Waals surface area contributed by atoms with Crippen molar-refractivity contribution in [2.75, 3.05) is 13.1 Å². The van der Waals surface area contributed by atoms with Crippen molar-refractivity contribution in [2.24, 2.45) is 0 Å². The molecule has 0 heterocycles. The second kappa shape index (κ2) is 6.57. The molecule has 0 amide bonds. The molecule has 0 spiro atoms. The van der Waals surface area contributed by atoms with Crippen molar-refractivity contribution in [3.63, 3.8) is 0 Å². The zero-order valence-corrected chi connectivity index (χ0v) is 8.74. The van der Waals surface area contributed by atoms with Crippen molar-refractivity contribution in [3.8, 4) is 0 Å². The number of hydrogen-bond acceptors (Lipinski definition) is 2. The van der Waals surface area contributed by atoms with Gasteiger partial charge >= 0.3 is 0 Å². The van der Waals surface area contributed by atoms with E-state index in [-0.39, 0.29) is 6.10 Å². The highest BCUT2D eigenvalue weighted by Gasteiger charge is 1.98. The summed E-state index contributed by atoms with van der Waals surface area (Å²) >= 11 is 0. The molecule has 0 saturated carbocycles. The molecule has 1 rings (SSSR count). The van der Waals surface area contributed by atoms with Crippen molar-refractivity contribution < 1.29 is 5.11 Å². The first-order valence-electron chi connectivity index (χ1n) is 5.25. The molecule has 78 valence electrons. The van der Waals surface area contributed by atoms with E-state index in [1.165, 1.54) is 5.56 Å². The van der Waals surface area contributed by atoms with Crippen molar-refractivity contribution in [1.29, 1.82) is 0 Å². The highest BCUT2D eigenvalue weighted by molar-refractivity contribution is 5.14. The average Bonchev–Trinajstić information content (AvgIpc) is 2.25. The molecule has 0 aliphatic rings. The predicted octanol–water partition coefficient (Wildman–Crippen LogP) is 1.59. The third kappa shape index (κ3) is 4.40. The maximum atomic E-state index is 9.29. The van der Waals surface area contributed by atoms with Crippen LogP contribution in [0.4, 0.5) is 0 Å². The minimum Gasteiger partial charge on any atom is -0.392 e. The van der Waals surface area contributed by atoms with Gasteiger partial charge in [0.2, 0.25) is 0 Å². The van der Waals surface area contributed by atoms with Gasteiger partial charge in [-0.2, -0.15) is 0 Å². The highest BCUT2D eigenvalue weighted by atomic mass is 16.3. The molecule has 0 aliphatic heterocycles. The number of benzene rings is 1. The molecule has 1 aromatic rings. The topological polar surface area (TPSA) is 32.3 Å². The standard InChI is InChI=1S/C12H19NO/c1-2-12(14)10-13-9-8-11-6-4-3-5-7-11/h3-7,12-14H,2,8-10H2,1H3. The largest absolute Gasteiger partial charge is 0.392 e. The van der Waals surface area contributed by atoms with Crippen LogP contribution in [0.1, 0.15) is 18.9 Å². The van der Waals surface area contributed by atoms with Crippen LogP contribution in [-0.2, 0) is 6.42 Å². The Labute approximate surface area is 86.0 Å². The predicted molar refractivity (Wildman–Crippen MR) is 59.3 cm³/mol. The van der Waals surface area contributed by atoms with E-state index in [9.17, 15) is 5.11 Å². The molecule has 1 atom stereocenters. The van der Waals surface area contributed by atoms with Crippen molar-refractivity contribution >= 4 is 0 Å². The molecule has 0 aromatic heterocycles. The van der Waals surface area contributed by atoms with Crippen LogP contribution in [0.25, 0.3) is 0 Å². The summed E-state index contributed by atoms with van der Waals surface area (Å²) in [5, 5.41) is 12.5. The van der Waals surface area contributed by atoms with E-state index < -0.39 is 0 Å². The Morgan fingerprint density at radius 2 is 2.00 bits per heavy atom. The van der Waals surface area contributed by atoms with Crippen LogP contribution < -0.4 is 5.32 Å². The van der Waals surface area contributed by atoms with Gasteiger partial charge in [-0.15, -0.1) is 0 Å². The van der Waals surface area contributed by atoms with Gasteiger partial charge in [0.1, 0.15) is 0 Å². The van der Waals surface area contributed by atoms with E-state index in [1.54, 1.807) is 0 Å². The quantitative estimate of drug-likeness (QED) is 0.672. The van der Waals surface area contributed by atoms with Crippen LogP contribution >= 0.6 is 0 Å². The molecule has 1 unspecified atom stereocenters. The van der Waals surface area contributed by atoms with Crippen LogP contribution in [0.2, 0.25) is 0 Å². The smallest absolute Gasteiger partial charge is 0.0662 e. The van der Waals surface area contributed by atoms with Gasteiger partial charge in [0.25, 0.3) is 0 Å².